The minimum atomic E-state index is -0.531. The van der Waals surface area contributed by atoms with Crippen LogP contribution in [0.1, 0.15) is 22.3 Å². The van der Waals surface area contributed by atoms with Crippen LogP contribution in [0.2, 0.25) is 0 Å². The Bertz CT molecular complexity index is 3490. The van der Waals surface area contributed by atoms with Crippen molar-refractivity contribution in [3.8, 4) is 78.7 Å². The molecule has 1 aromatic heterocycles. The second-order valence-corrected chi connectivity index (χ2v) is 17.5. The molecule has 4 heteroatoms. The summed E-state index contributed by atoms with van der Waals surface area (Å²) in [4.78, 5) is 17.8. The fraction of sp³-hybridized carbons (Fsp3) is 0.0156. The van der Waals surface area contributed by atoms with Crippen LogP contribution in [-0.4, -0.2) is 15.0 Å². The lowest BCUT2D eigenvalue weighted by atomic mass is 9.64. The zero-order valence-electron chi connectivity index (χ0n) is 37.0. The molecule has 4 nitrogen and oxygen atoms in total. The van der Waals surface area contributed by atoms with Gasteiger partial charge in [-0.3, -0.25) is 0 Å². The molecule has 0 bridgehead atoms. The summed E-state index contributed by atoms with van der Waals surface area (Å²) in [5.74, 6) is 1.88. The number of hydrogen-bond donors (Lipinski definition) is 0. The van der Waals surface area contributed by atoms with Crippen LogP contribution in [0.25, 0.3) is 78.7 Å². The van der Waals surface area contributed by atoms with Gasteiger partial charge in [0.15, 0.2) is 17.5 Å². The van der Waals surface area contributed by atoms with Crippen LogP contribution < -0.4 is 4.90 Å². The molecule has 0 saturated carbocycles. The highest BCUT2D eigenvalue weighted by atomic mass is 15.2. The summed E-state index contributed by atoms with van der Waals surface area (Å²) < 4.78 is 0. The van der Waals surface area contributed by atoms with Gasteiger partial charge in [0.1, 0.15) is 0 Å². The van der Waals surface area contributed by atoms with Gasteiger partial charge >= 0.3 is 0 Å². The molecule has 318 valence electrons. The number of para-hydroxylation sites is 3. The standard InChI is InChI=1S/C64H42N4/c1-4-17-43(18-5-1)45-31-37-48(38-32-45)61-65-62(49-39-33-46(34-40-49)44-19-6-2-7-20-44)67-63(66-61)50-41-35-47(36-42-50)52-24-16-28-57-60(52)53-23-10-11-25-54(53)64(57)55-26-12-14-29-58(55)68(51-21-8-3-9-22-51)59-30-15-13-27-56(59)64/h1-42H. The van der Waals surface area contributed by atoms with E-state index in [0.717, 1.165) is 39.1 Å². The van der Waals surface area contributed by atoms with Crippen LogP contribution in [0.5, 0.6) is 0 Å². The molecule has 1 aliphatic heterocycles. The van der Waals surface area contributed by atoms with Crippen LogP contribution in [0, 0.1) is 0 Å². The first kappa shape index (κ1) is 39.4. The van der Waals surface area contributed by atoms with Gasteiger partial charge in [0.25, 0.3) is 0 Å². The van der Waals surface area contributed by atoms with E-state index in [1.807, 2.05) is 12.1 Å². The quantitative estimate of drug-likeness (QED) is 0.160. The van der Waals surface area contributed by atoms with Crippen LogP contribution in [0.15, 0.2) is 255 Å². The average molecular weight is 867 g/mol. The molecule has 11 aromatic rings. The maximum Gasteiger partial charge on any atom is 0.164 e. The minimum Gasteiger partial charge on any atom is -0.310 e. The summed E-state index contributed by atoms with van der Waals surface area (Å²) >= 11 is 0. The van der Waals surface area contributed by atoms with Gasteiger partial charge in [0.05, 0.1) is 16.8 Å². The van der Waals surface area contributed by atoms with E-state index in [-0.39, 0.29) is 0 Å². The van der Waals surface area contributed by atoms with Crippen molar-refractivity contribution in [2.24, 2.45) is 0 Å². The highest BCUT2D eigenvalue weighted by Gasteiger charge is 2.52. The number of rotatable bonds is 7. The molecule has 2 heterocycles. The summed E-state index contributed by atoms with van der Waals surface area (Å²) in [6.45, 7) is 0. The topological polar surface area (TPSA) is 41.9 Å². The number of benzene rings is 10. The Morgan fingerprint density at radius 1 is 0.250 bits per heavy atom. The summed E-state index contributed by atoms with van der Waals surface area (Å²) in [6.07, 6.45) is 0. The van der Waals surface area contributed by atoms with Crippen molar-refractivity contribution in [3.63, 3.8) is 0 Å². The third kappa shape index (κ3) is 6.34. The Morgan fingerprint density at radius 2 is 0.603 bits per heavy atom. The van der Waals surface area contributed by atoms with Crippen molar-refractivity contribution in [1.29, 1.82) is 0 Å². The smallest absolute Gasteiger partial charge is 0.164 e. The molecule has 1 aliphatic carbocycles. The normalized spacial score (nSPS) is 12.8. The van der Waals surface area contributed by atoms with E-state index in [2.05, 4.69) is 248 Å². The minimum absolute atomic E-state index is 0.531. The lowest BCUT2D eigenvalue weighted by Crippen LogP contribution is -2.36. The fourth-order valence-corrected chi connectivity index (χ4v) is 10.7. The second kappa shape index (κ2) is 16.2. The molecule has 10 aromatic carbocycles. The van der Waals surface area contributed by atoms with Crippen molar-refractivity contribution in [2.45, 2.75) is 5.41 Å². The van der Waals surface area contributed by atoms with Crippen molar-refractivity contribution in [2.75, 3.05) is 4.90 Å². The number of hydrogen-bond acceptors (Lipinski definition) is 4. The highest BCUT2D eigenvalue weighted by molar-refractivity contribution is 6.00. The number of nitrogens with zero attached hydrogens (tertiary/aromatic N) is 4. The van der Waals surface area contributed by atoms with Gasteiger partial charge in [-0.15, -0.1) is 0 Å². The van der Waals surface area contributed by atoms with E-state index < -0.39 is 5.41 Å². The second-order valence-electron chi connectivity index (χ2n) is 17.5. The first-order chi connectivity index (χ1) is 33.7. The first-order valence-corrected chi connectivity index (χ1v) is 23.2. The Morgan fingerprint density at radius 3 is 1.10 bits per heavy atom. The maximum atomic E-state index is 5.16. The Hall–Kier alpha value is -8.99. The lowest BCUT2D eigenvalue weighted by molar-refractivity contribution is 0.753. The summed E-state index contributed by atoms with van der Waals surface area (Å²) in [7, 11) is 0. The third-order valence-electron chi connectivity index (χ3n) is 13.8. The molecular weight excluding hydrogens is 825 g/mol. The van der Waals surface area contributed by atoms with Crippen molar-refractivity contribution in [1.82, 2.24) is 15.0 Å². The van der Waals surface area contributed by atoms with Gasteiger partial charge < -0.3 is 4.90 Å². The molecule has 0 saturated heterocycles. The molecule has 1 spiro atoms. The van der Waals surface area contributed by atoms with Gasteiger partial charge in [0.2, 0.25) is 0 Å². The largest absolute Gasteiger partial charge is 0.310 e. The SMILES string of the molecule is c1ccc(-c2ccc(-c3nc(-c4ccc(-c5ccccc5)cc4)nc(-c4ccc(-c5cccc6c5-c5ccccc5C65c6ccccc6N(c6ccccc6)c6ccccc65)cc4)n3)cc2)cc1. The van der Waals surface area contributed by atoms with Crippen LogP contribution in [-0.2, 0) is 5.41 Å². The van der Waals surface area contributed by atoms with Crippen LogP contribution in [0.3, 0.4) is 0 Å². The molecule has 0 radical (unpaired) electrons. The fourth-order valence-electron chi connectivity index (χ4n) is 10.7. The zero-order chi connectivity index (χ0) is 45.0. The molecular formula is C64H42N4. The van der Waals surface area contributed by atoms with Gasteiger partial charge in [-0.1, -0.05) is 231 Å². The summed E-state index contributed by atoms with van der Waals surface area (Å²) in [5.41, 5.74) is 20.3. The van der Waals surface area contributed by atoms with E-state index in [1.165, 1.54) is 61.4 Å². The Kier molecular flexibility index (Phi) is 9.36. The van der Waals surface area contributed by atoms with Crippen LogP contribution in [0.4, 0.5) is 17.1 Å². The van der Waals surface area contributed by atoms with Crippen molar-refractivity contribution in [3.05, 3.63) is 277 Å². The monoisotopic (exact) mass is 866 g/mol. The third-order valence-corrected chi connectivity index (χ3v) is 13.8. The van der Waals surface area contributed by atoms with Gasteiger partial charge in [-0.25, -0.2) is 15.0 Å². The molecule has 0 atom stereocenters. The number of fused-ring (bicyclic) bond motifs is 9. The lowest BCUT2D eigenvalue weighted by Gasteiger charge is -2.45. The Labute approximate surface area is 396 Å². The molecule has 0 unspecified atom stereocenters. The van der Waals surface area contributed by atoms with E-state index in [9.17, 15) is 0 Å². The van der Waals surface area contributed by atoms with Crippen LogP contribution >= 0.6 is 0 Å². The van der Waals surface area contributed by atoms with Gasteiger partial charge in [-0.2, -0.15) is 0 Å². The molecule has 0 N–H and O–H groups in total. The first-order valence-electron chi connectivity index (χ1n) is 23.2. The highest BCUT2D eigenvalue weighted by Crippen LogP contribution is 2.64. The molecule has 0 fully saturated rings. The predicted molar refractivity (Wildman–Crippen MR) is 278 cm³/mol. The molecule has 68 heavy (non-hydrogen) atoms. The molecule has 0 amide bonds. The summed E-state index contributed by atoms with van der Waals surface area (Å²) in [5, 5.41) is 0. The van der Waals surface area contributed by atoms with Gasteiger partial charge in [-0.05, 0) is 91.0 Å². The number of anilines is 3. The Balaban J connectivity index is 0.930. The summed E-state index contributed by atoms with van der Waals surface area (Å²) in [6, 6.07) is 91.2. The van der Waals surface area contributed by atoms with E-state index in [0.29, 0.717) is 17.5 Å². The van der Waals surface area contributed by atoms with E-state index in [4.69, 9.17) is 15.0 Å². The maximum absolute atomic E-state index is 5.16. The van der Waals surface area contributed by atoms with Crippen molar-refractivity contribution >= 4 is 17.1 Å². The van der Waals surface area contributed by atoms with Crippen molar-refractivity contribution < 1.29 is 0 Å². The van der Waals surface area contributed by atoms with Gasteiger partial charge in [0, 0.05) is 22.4 Å². The van der Waals surface area contributed by atoms with E-state index in [1.54, 1.807) is 0 Å². The zero-order valence-corrected chi connectivity index (χ0v) is 37.0. The predicted octanol–water partition coefficient (Wildman–Crippen LogP) is 16.0. The van der Waals surface area contributed by atoms with E-state index >= 15 is 0 Å². The average Bonchev–Trinajstić information content (AvgIpc) is 3.72. The number of aromatic nitrogens is 3. The molecule has 13 rings (SSSR count). The molecule has 2 aliphatic rings.